The van der Waals surface area contributed by atoms with Gasteiger partial charge in [-0.25, -0.2) is 0 Å². The fourth-order valence-corrected chi connectivity index (χ4v) is 2.59. The maximum absolute atomic E-state index is 2.35. The van der Waals surface area contributed by atoms with Crippen LogP contribution in [0.15, 0.2) is 42.5 Å². The zero-order valence-corrected chi connectivity index (χ0v) is 11.7. The lowest BCUT2D eigenvalue weighted by Gasteiger charge is -2.20. The molecule has 0 aromatic heterocycles. The van der Waals surface area contributed by atoms with Gasteiger partial charge < -0.3 is 0 Å². The summed E-state index contributed by atoms with van der Waals surface area (Å²) in [5.41, 5.74) is 1.47. The Kier molecular flexibility index (Phi) is 4.41. The first-order valence-corrected chi connectivity index (χ1v) is 6.98. The summed E-state index contributed by atoms with van der Waals surface area (Å²) in [7, 11) is 0. The molecule has 0 heteroatoms. The predicted molar refractivity (Wildman–Crippen MR) is 80.6 cm³/mol. The molecule has 18 heavy (non-hydrogen) atoms. The number of rotatable bonds is 5. The Morgan fingerprint density at radius 2 is 1.72 bits per heavy atom. The average Bonchev–Trinajstić information content (AvgIpc) is 2.38. The standard InChI is InChI=1S/C18H23/c1-4-7-17(14(2)3)12-15-10-11-16-8-5-6-9-18(16)13-15/h5-6,8-11,13,17H,4,7,12H2,1-3H3. The Labute approximate surface area is 111 Å². The third-order valence-electron chi connectivity index (χ3n) is 3.75. The molecule has 0 aliphatic heterocycles. The van der Waals surface area contributed by atoms with Gasteiger partial charge in [-0.15, -0.1) is 0 Å². The monoisotopic (exact) mass is 239 g/mol. The third kappa shape index (κ3) is 3.13. The van der Waals surface area contributed by atoms with E-state index in [1.165, 1.54) is 35.6 Å². The van der Waals surface area contributed by atoms with Crippen LogP contribution < -0.4 is 0 Å². The topological polar surface area (TPSA) is 0 Å². The van der Waals surface area contributed by atoms with Crippen molar-refractivity contribution in [2.24, 2.45) is 5.92 Å². The van der Waals surface area contributed by atoms with Gasteiger partial charge in [0.25, 0.3) is 0 Å². The summed E-state index contributed by atoms with van der Waals surface area (Å²) in [4.78, 5) is 0. The van der Waals surface area contributed by atoms with Gasteiger partial charge in [-0.3, -0.25) is 0 Å². The lowest BCUT2D eigenvalue weighted by Crippen LogP contribution is -2.10. The van der Waals surface area contributed by atoms with E-state index in [0.29, 0.717) is 0 Å². The first kappa shape index (κ1) is 13.1. The molecule has 95 valence electrons. The van der Waals surface area contributed by atoms with Gasteiger partial charge in [0.15, 0.2) is 0 Å². The van der Waals surface area contributed by atoms with Crippen molar-refractivity contribution in [1.29, 1.82) is 0 Å². The van der Waals surface area contributed by atoms with Crippen LogP contribution in [0.5, 0.6) is 0 Å². The average molecular weight is 239 g/mol. The molecule has 0 saturated carbocycles. The molecule has 1 radical (unpaired) electrons. The lowest BCUT2D eigenvalue weighted by molar-refractivity contribution is 0.495. The minimum atomic E-state index is 0.733. The Hall–Kier alpha value is -1.30. The molecular weight excluding hydrogens is 216 g/mol. The van der Waals surface area contributed by atoms with Crippen molar-refractivity contribution in [1.82, 2.24) is 0 Å². The van der Waals surface area contributed by atoms with Crippen molar-refractivity contribution < 1.29 is 0 Å². The van der Waals surface area contributed by atoms with Crippen LogP contribution >= 0.6 is 0 Å². The normalized spacial score (nSPS) is 13.1. The van der Waals surface area contributed by atoms with Crippen molar-refractivity contribution in [2.45, 2.75) is 40.0 Å². The molecule has 0 amide bonds. The van der Waals surface area contributed by atoms with Crippen molar-refractivity contribution in [3.63, 3.8) is 0 Å². The van der Waals surface area contributed by atoms with Crippen molar-refractivity contribution in [3.05, 3.63) is 53.9 Å². The first-order valence-electron chi connectivity index (χ1n) is 6.98. The van der Waals surface area contributed by atoms with E-state index in [-0.39, 0.29) is 0 Å². The highest BCUT2D eigenvalue weighted by atomic mass is 14.2. The van der Waals surface area contributed by atoms with Crippen LogP contribution in [0.1, 0.15) is 39.2 Å². The summed E-state index contributed by atoms with van der Waals surface area (Å²) in [6.07, 6.45) is 3.75. The molecule has 1 unspecified atom stereocenters. The van der Waals surface area contributed by atoms with E-state index >= 15 is 0 Å². The second kappa shape index (κ2) is 6.04. The molecule has 2 aromatic rings. The first-order chi connectivity index (χ1) is 8.70. The molecule has 1 atom stereocenters. The number of benzene rings is 2. The zero-order chi connectivity index (χ0) is 13.0. The van der Waals surface area contributed by atoms with Gasteiger partial charge in [-0.2, -0.15) is 0 Å². The predicted octanol–water partition coefficient (Wildman–Crippen LogP) is 5.41. The van der Waals surface area contributed by atoms with E-state index in [1.54, 1.807) is 5.92 Å². The van der Waals surface area contributed by atoms with Crippen LogP contribution in [-0.2, 0) is 6.42 Å². The SMILES string of the molecule is CCCC(Cc1ccc2ccccc2c1)[C](C)C. The van der Waals surface area contributed by atoms with Crippen molar-refractivity contribution >= 4 is 10.8 Å². The molecule has 2 rings (SSSR count). The molecular formula is C18H23. The Morgan fingerprint density at radius 1 is 1.00 bits per heavy atom. The Bertz CT molecular complexity index is 496. The summed E-state index contributed by atoms with van der Waals surface area (Å²) in [6, 6.07) is 15.5. The van der Waals surface area contributed by atoms with Crippen LogP contribution in [0, 0.1) is 11.8 Å². The number of hydrogen-bond acceptors (Lipinski definition) is 0. The molecule has 2 aromatic carbocycles. The number of hydrogen-bond donors (Lipinski definition) is 0. The summed E-state index contributed by atoms with van der Waals surface area (Å²) in [5, 5.41) is 2.70. The molecule has 0 nitrogen and oxygen atoms in total. The zero-order valence-electron chi connectivity index (χ0n) is 11.7. The van der Waals surface area contributed by atoms with Gasteiger partial charge in [0.1, 0.15) is 0 Å². The maximum Gasteiger partial charge on any atom is -0.0181 e. The highest BCUT2D eigenvalue weighted by Gasteiger charge is 2.13. The van der Waals surface area contributed by atoms with E-state index in [4.69, 9.17) is 0 Å². The summed E-state index contributed by atoms with van der Waals surface area (Å²) >= 11 is 0. The van der Waals surface area contributed by atoms with Crippen molar-refractivity contribution in [3.8, 4) is 0 Å². The second-order valence-electron chi connectivity index (χ2n) is 5.45. The van der Waals surface area contributed by atoms with Gasteiger partial charge in [0.05, 0.1) is 0 Å². The molecule has 0 aliphatic rings. The van der Waals surface area contributed by atoms with E-state index in [1.807, 2.05) is 0 Å². The molecule has 0 bridgehead atoms. The van der Waals surface area contributed by atoms with E-state index in [0.717, 1.165) is 5.92 Å². The fraction of sp³-hybridized carbons (Fsp3) is 0.389. The summed E-state index contributed by atoms with van der Waals surface area (Å²) in [5.74, 6) is 2.29. The Morgan fingerprint density at radius 3 is 2.39 bits per heavy atom. The summed E-state index contributed by atoms with van der Waals surface area (Å²) in [6.45, 7) is 6.80. The van der Waals surface area contributed by atoms with Crippen LogP contribution in [-0.4, -0.2) is 0 Å². The van der Waals surface area contributed by atoms with Crippen LogP contribution in [0.25, 0.3) is 10.8 Å². The van der Waals surface area contributed by atoms with Gasteiger partial charge in [-0.05, 0) is 41.0 Å². The largest absolute Gasteiger partial charge is 0.0654 e. The molecule has 0 N–H and O–H groups in total. The van der Waals surface area contributed by atoms with E-state index < -0.39 is 0 Å². The number of fused-ring (bicyclic) bond motifs is 1. The smallest absolute Gasteiger partial charge is 0.0181 e. The van der Waals surface area contributed by atoms with Gasteiger partial charge in [0, 0.05) is 0 Å². The third-order valence-corrected chi connectivity index (χ3v) is 3.75. The fourth-order valence-electron chi connectivity index (χ4n) is 2.59. The van der Waals surface area contributed by atoms with Crippen LogP contribution in [0.3, 0.4) is 0 Å². The highest BCUT2D eigenvalue weighted by molar-refractivity contribution is 5.82. The summed E-state index contributed by atoms with van der Waals surface area (Å²) < 4.78 is 0. The van der Waals surface area contributed by atoms with Gasteiger partial charge >= 0.3 is 0 Å². The van der Waals surface area contributed by atoms with Crippen molar-refractivity contribution in [2.75, 3.05) is 0 Å². The minimum absolute atomic E-state index is 0.733. The molecule has 0 saturated heterocycles. The maximum atomic E-state index is 2.35. The second-order valence-corrected chi connectivity index (χ2v) is 5.45. The van der Waals surface area contributed by atoms with Crippen LogP contribution in [0.4, 0.5) is 0 Å². The van der Waals surface area contributed by atoms with Gasteiger partial charge in [0.2, 0.25) is 0 Å². The lowest BCUT2D eigenvalue weighted by atomic mass is 9.85. The Balaban J connectivity index is 2.20. The molecule has 0 spiro atoms. The van der Waals surface area contributed by atoms with E-state index in [9.17, 15) is 0 Å². The highest BCUT2D eigenvalue weighted by Crippen LogP contribution is 2.25. The van der Waals surface area contributed by atoms with E-state index in [2.05, 4.69) is 63.2 Å². The minimum Gasteiger partial charge on any atom is -0.0654 e. The molecule has 0 fully saturated rings. The van der Waals surface area contributed by atoms with Gasteiger partial charge in [-0.1, -0.05) is 69.7 Å². The van der Waals surface area contributed by atoms with Crippen LogP contribution in [0.2, 0.25) is 0 Å². The quantitative estimate of drug-likeness (QED) is 0.654. The molecule has 0 heterocycles. The molecule has 0 aliphatic carbocycles.